The van der Waals surface area contributed by atoms with Gasteiger partial charge in [0.1, 0.15) is 0 Å². The Morgan fingerprint density at radius 2 is 1.78 bits per heavy atom. The van der Waals surface area contributed by atoms with Crippen LogP contribution in [0.3, 0.4) is 0 Å². The maximum Gasteiger partial charge on any atom is 0.283 e. The molecule has 0 bridgehead atoms. The molecule has 0 aliphatic carbocycles. The van der Waals surface area contributed by atoms with E-state index in [4.69, 9.17) is 11.6 Å². The van der Waals surface area contributed by atoms with Crippen molar-refractivity contribution in [1.82, 2.24) is 0 Å². The van der Waals surface area contributed by atoms with Gasteiger partial charge in [0, 0.05) is 16.8 Å². The molecule has 0 aliphatic rings. The molecular weight excluding hydrogens is 270 g/mol. The average molecular weight is 280 g/mol. The average Bonchev–Trinajstić information content (AvgIpc) is 2.40. The number of nitro benzene ring substituents is 1. The predicted molar refractivity (Wildman–Crippen MR) is 73.2 cm³/mol. The Bertz CT molecular complexity index is 557. The maximum absolute atomic E-state index is 10.9. The molecule has 0 aliphatic heterocycles. The summed E-state index contributed by atoms with van der Waals surface area (Å²) in [4.78, 5) is 12.1. The molecule has 0 heterocycles. The summed E-state index contributed by atoms with van der Waals surface area (Å²) in [5, 5.41) is 10.9. The number of benzene rings is 2. The highest BCUT2D eigenvalue weighted by molar-refractivity contribution is 7.99. The molecule has 2 aromatic carbocycles. The van der Waals surface area contributed by atoms with Gasteiger partial charge in [0.15, 0.2) is 0 Å². The van der Waals surface area contributed by atoms with E-state index in [9.17, 15) is 10.1 Å². The Kier molecular flexibility index (Phi) is 4.23. The van der Waals surface area contributed by atoms with Crippen LogP contribution >= 0.6 is 23.4 Å². The van der Waals surface area contributed by atoms with E-state index >= 15 is 0 Å². The van der Waals surface area contributed by atoms with E-state index in [1.165, 1.54) is 17.8 Å². The van der Waals surface area contributed by atoms with Crippen molar-refractivity contribution in [3.05, 3.63) is 64.2 Å². The second-order valence-electron chi connectivity index (χ2n) is 3.60. The molecule has 0 spiro atoms. The maximum atomic E-state index is 10.9. The number of para-hydroxylation sites is 1. The molecule has 0 aromatic heterocycles. The Labute approximate surface area is 114 Å². The Morgan fingerprint density at radius 1 is 1.11 bits per heavy atom. The van der Waals surface area contributed by atoms with E-state index in [0.29, 0.717) is 10.8 Å². The van der Waals surface area contributed by atoms with Crippen molar-refractivity contribution in [1.29, 1.82) is 0 Å². The van der Waals surface area contributed by atoms with E-state index in [0.717, 1.165) is 10.5 Å². The minimum absolute atomic E-state index is 0.129. The number of hydrogen-bond acceptors (Lipinski definition) is 3. The third-order valence-electron chi connectivity index (χ3n) is 2.37. The molecule has 0 saturated carbocycles. The van der Waals surface area contributed by atoms with E-state index < -0.39 is 0 Å². The molecular formula is C13H10ClNO2S. The first-order valence-corrected chi connectivity index (χ1v) is 6.62. The molecule has 0 amide bonds. The zero-order valence-corrected chi connectivity index (χ0v) is 10.9. The minimum atomic E-state index is -0.366. The fourth-order valence-electron chi connectivity index (χ4n) is 1.47. The number of halogens is 1. The fraction of sp³-hybridized carbons (Fsp3) is 0.0769. The van der Waals surface area contributed by atoms with Crippen molar-refractivity contribution in [3.8, 4) is 0 Å². The summed E-state index contributed by atoms with van der Waals surface area (Å²) in [5.74, 6) is 0.469. The molecule has 0 atom stereocenters. The monoisotopic (exact) mass is 279 g/mol. The van der Waals surface area contributed by atoms with Gasteiger partial charge in [0.05, 0.1) is 9.82 Å². The number of hydrogen-bond donors (Lipinski definition) is 0. The van der Waals surface area contributed by atoms with Crippen LogP contribution in [-0.2, 0) is 5.88 Å². The quantitative estimate of drug-likeness (QED) is 0.471. The first-order valence-electron chi connectivity index (χ1n) is 5.27. The van der Waals surface area contributed by atoms with Crippen LogP contribution in [0.25, 0.3) is 0 Å². The van der Waals surface area contributed by atoms with Crippen LogP contribution < -0.4 is 0 Å². The van der Waals surface area contributed by atoms with E-state index in [-0.39, 0.29) is 10.6 Å². The summed E-state index contributed by atoms with van der Waals surface area (Å²) < 4.78 is 0. The molecule has 0 unspecified atom stereocenters. The lowest BCUT2D eigenvalue weighted by Gasteiger charge is -2.03. The van der Waals surface area contributed by atoms with E-state index in [2.05, 4.69) is 0 Å². The van der Waals surface area contributed by atoms with Crippen LogP contribution in [0.1, 0.15) is 5.56 Å². The third kappa shape index (κ3) is 3.03. The van der Waals surface area contributed by atoms with Gasteiger partial charge < -0.3 is 0 Å². The van der Waals surface area contributed by atoms with Crippen LogP contribution in [0.2, 0.25) is 0 Å². The van der Waals surface area contributed by atoms with E-state index in [1.54, 1.807) is 18.2 Å². The lowest BCUT2D eigenvalue weighted by atomic mass is 10.2. The highest BCUT2D eigenvalue weighted by Gasteiger charge is 2.13. The lowest BCUT2D eigenvalue weighted by Crippen LogP contribution is -1.89. The lowest BCUT2D eigenvalue weighted by molar-refractivity contribution is -0.387. The van der Waals surface area contributed by atoms with Crippen LogP contribution in [0.5, 0.6) is 0 Å². The SMILES string of the molecule is O=[N+]([O-])c1ccccc1Sc1ccc(CCl)cc1. The van der Waals surface area contributed by atoms with Gasteiger partial charge in [0.2, 0.25) is 0 Å². The van der Waals surface area contributed by atoms with Crippen LogP contribution in [-0.4, -0.2) is 4.92 Å². The number of nitrogens with zero attached hydrogens (tertiary/aromatic N) is 1. The minimum Gasteiger partial charge on any atom is -0.258 e. The van der Waals surface area contributed by atoms with E-state index in [1.807, 2.05) is 24.3 Å². The number of nitro groups is 1. The smallest absolute Gasteiger partial charge is 0.258 e. The van der Waals surface area contributed by atoms with Gasteiger partial charge in [-0.1, -0.05) is 36.0 Å². The highest BCUT2D eigenvalue weighted by Crippen LogP contribution is 2.34. The van der Waals surface area contributed by atoms with Crippen molar-refractivity contribution in [2.75, 3.05) is 0 Å². The van der Waals surface area contributed by atoms with Crippen LogP contribution in [0, 0.1) is 10.1 Å². The van der Waals surface area contributed by atoms with Crippen molar-refractivity contribution in [2.24, 2.45) is 0 Å². The summed E-state index contributed by atoms with van der Waals surface area (Å²) in [6, 6.07) is 14.4. The van der Waals surface area contributed by atoms with Gasteiger partial charge in [-0.25, -0.2) is 0 Å². The topological polar surface area (TPSA) is 43.1 Å². The summed E-state index contributed by atoms with van der Waals surface area (Å²) in [5.41, 5.74) is 1.16. The van der Waals surface area contributed by atoms with Gasteiger partial charge in [0.25, 0.3) is 5.69 Å². The Balaban J connectivity index is 2.25. The molecule has 0 fully saturated rings. The summed E-state index contributed by atoms with van der Waals surface area (Å²) in [7, 11) is 0. The fourth-order valence-corrected chi connectivity index (χ4v) is 2.57. The molecule has 18 heavy (non-hydrogen) atoms. The molecule has 92 valence electrons. The second-order valence-corrected chi connectivity index (χ2v) is 4.99. The normalized spacial score (nSPS) is 10.3. The predicted octanol–water partition coefficient (Wildman–Crippen LogP) is 4.48. The van der Waals surface area contributed by atoms with Crippen molar-refractivity contribution in [3.63, 3.8) is 0 Å². The molecule has 0 N–H and O–H groups in total. The third-order valence-corrected chi connectivity index (χ3v) is 3.75. The Morgan fingerprint density at radius 3 is 2.39 bits per heavy atom. The molecule has 0 radical (unpaired) electrons. The van der Waals surface area contributed by atoms with Crippen LogP contribution in [0.15, 0.2) is 58.3 Å². The zero-order chi connectivity index (χ0) is 13.0. The number of alkyl halides is 1. The van der Waals surface area contributed by atoms with Crippen LogP contribution in [0.4, 0.5) is 5.69 Å². The zero-order valence-electron chi connectivity index (χ0n) is 9.38. The number of rotatable bonds is 4. The molecule has 3 nitrogen and oxygen atoms in total. The molecule has 2 rings (SSSR count). The standard InChI is InChI=1S/C13H10ClNO2S/c14-9-10-5-7-11(8-6-10)18-13-4-2-1-3-12(13)15(16)17/h1-8H,9H2. The first kappa shape index (κ1) is 12.9. The van der Waals surface area contributed by atoms with Gasteiger partial charge in [-0.3, -0.25) is 10.1 Å². The van der Waals surface area contributed by atoms with Crippen molar-refractivity contribution < 1.29 is 4.92 Å². The Hall–Kier alpha value is -1.52. The van der Waals surface area contributed by atoms with Gasteiger partial charge in [-0.2, -0.15) is 0 Å². The first-order chi connectivity index (χ1) is 8.70. The van der Waals surface area contributed by atoms with Gasteiger partial charge in [-0.05, 0) is 23.8 Å². The second kappa shape index (κ2) is 5.89. The van der Waals surface area contributed by atoms with Crippen molar-refractivity contribution >= 4 is 29.1 Å². The molecule has 5 heteroatoms. The van der Waals surface area contributed by atoms with Crippen molar-refractivity contribution in [2.45, 2.75) is 15.7 Å². The molecule has 0 saturated heterocycles. The van der Waals surface area contributed by atoms with Gasteiger partial charge >= 0.3 is 0 Å². The largest absolute Gasteiger partial charge is 0.283 e. The summed E-state index contributed by atoms with van der Waals surface area (Å²) in [6.45, 7) is 0. The highest BCUT2D eigenvalue weighted by atomic mass is 35.5. The van der Waals surface area contributed by atoms with Gasteiger partial charge in [-0.15, -0.1) is 11.6 Å². The summed E-state index contributed by atoms with van der Waals surface area (Å²) in [6.07, 6.45) is 0. The summed E-state index contributed by atoms with van der Waals surface area (Å²) >= 11 is 7.09. The molecule has 2 aromatic rings.